The number of carbonyl (C=O) groups is 1. The van der Waals surface area contributed by atoms with E-state index in [0.29, 0.717) is 11.5 Å². The van der Waals surface area contributed by atoms with Gasteiger partial charge in [0.2, 0.25) is 0 Å². The van der Waals surface area contributed by atoms with Gasteiger partial charge in [-0.2, -0.15) is 0 Å². The highest BCUT2D eigenvalue weighted by Gasteiger charge is 2.13. The average molecular weight is 247 g/mol. The minimum absolute atomic E-state index is 0.0230. The summed E-state index contributed by atoms with van der Waals surface area (Å²) in [5.41, 5.74) is 0.655. The number of benzene rings is 1. The lowest BCUT2D eigenvalue weighted by molar-refractivity contribution is 0.0943. The Hall–Kier alpha value is -1.22. The molecule has 1 atom stereocenters. The molecule has 90 valence electrons. The van der Waals surface area contributed by atoms with Crippen molar-refractivity contribution in [1.82, 2.24) is 5.32 Å². The van der Waals surface area contributed by atoms with E-state index in [-0.39, 0.29) is 5.91 Å². The molecule has 0 radical (unpaired) electrons. The second kappa shape index (κ2) is 5.92. The van der Waals surface area contributed by atoms with Gasteiger partial charge >= 0.3 is 0 Å². The molecule has 2 rings (SSSR count). The quantitative estimate of drug-likeness (QED) is 0.624. The Labute approximate surface area is 108 Å². The second-order valence-electron chi connectivity index (χ2n) is 4.38. The molecular formula is C14H17NOS. The molecule has 1 unspecified atom stereocenters. The fraction of sp³-hybridized carbons (Fsp3) is 0.357. The molecule has 17 heavy (non-hydrogen) atoms. The van der Waals surface area contributed by atoms with Crippen molar-refractivity contribution in [2.75, 3.05) is 6.54 Å². The van der Waals surface area contributed by atoms with E-state index >= 15 is 0 Å². The molecule has 0 fully saturated rings. The fourth-order valence-corrected chi connectivity index (χ4v) is 2.30. The third-order valence-electron chi connectivity index (χ3n) is 3.08. The maximum Gasteiger partial charge on any atom is 0.252 e. The van der Waals surface area contributed by atoms with Crippen LogP contribution in [-0.4, -0.2) is 12.5 Å². The van der Waals surface area contributed by atoms with E-state index in [1.54, 1.807) is 6.07 Å². The number of carbonyl (C=O) groups excluding carboxylic acids is 1. The number of allylic oxidation sites excluding steroid dienone is 2. The number of thiol groups is 1. The molecule has 0 aliphatic heterocycles. The van der Waals surface area contributed by atoms with Crippen LogP contribution in [0.2, 0.25) is 0 Å². The van der Waals surface area contributed by atoms with Crippen molar-refractivity contribution in [3.8, 4) is 0 Å². The summed E-state index contributed by atoms with van der Waals surface area (Å²) in [6.07, 6.45) is 7.78. The maximum atomic E-state index is 11.9. The Balaban J connectivity index is 1.89. The molecule has 1 N–H and O–H groups in total. The first kappa shape index (κ1) is 12.2. The molecule has 2 nitrogen and oxygen atoms in total. The number of rotatable bonds is 3. The Bertz CT molecular complexity index is 428. The number of hydrogen-bond acceptors (Lipinski definition) is 2. The SMILES string of the molecule is O=C(NCC1CC=CCC1)c1ccccc1S. The maximum absolute atomic E-state index is 11.9. The molecule has 0 spiro atoms. The predicted octanol–water partition coefficient (Wildman–Crippen LogP) is 3.06. The zero-order valence-electron chi connectivity index (χ0n) is 9.73. The van der Waals surface area contributed by atoms with E-state index < -0.39 is 0 Å². The summed E-state index contributed by atoms with van der Waals surface area (Å²) in [7, 11) is 0. The first-order valence-corrected chi connectivity index (χ1v) is 6.43. The first-order chi connectivity index (χ1) is 8.27. The van der Waals surface area contributed by atoms with E-state index in [1.165, 1.54) is 6.42 Å². The van der Waals surface area contributed by atoms with Gasteiger partial charge in [-0.25, -0.2) is 0 Å². The van der Waals surface area contributed by atoms with Crippen LogP contribution >= 0.6 is 12.6 Å². The van der Waals surface area contributed by atoms with Gasteiger partial charge in [-0.05, 0) is 37.3 Å². The normalized spacial score (nSPS) is 19.0. The summed E-state index contributed by atoms with van der Waals surface area (Å²) in [5.74, 6) is 0.557. The topological polar surface area (TPSA) is 29.1 Å². The zero-order valence-corrected chi connectivity index (χ0v) is 10.6. The number of nitrogens with one attached hydrogen (secondary N) is 1. The molecule has 0 aromatic heterocycles. The van der Waals surface area contributed by atoms with Gasteiger partial charge in [0.05, 0.1) is 5.56 Å². The molecule has 1 aliphatic carbocycles. The molecule has 1 aromatic carbocycles. The van der Waals surface area contributed by atoms with Gasteiger partial charge < -0.3 is 5.32 Å². The van der Waals surface area contributed by atoms with Crippen LogP contribution in [-0.2, 0) is 0 Å². The molecule has 3 heteroatoms. The number of amides is 1. The molecule has 1 amide bonds. The van der Waals surface area contributed by atoms with Gasteiger partial charge in [-0.1, -0.05) is 24.3 Å². The van der Waals surface area contributed by atoms with E-state index in [4.69, 9.17) is 0 Å². The third kappa shape index (κ3) is 3.37. The molecule has 0 heterocycles. The van der Waals surface area contributed by atoms with Crippen molar-refractivity contribution in [2.24, 2.45) is 5.92 Å². The minimum atomic E-state index is -0.0230. The lowest BCUT2D eigenvalue weighted by atomic mass is 9.94. The van der Waals surface area contributed by atoms with E-state index in [1.807, 2.05) is 18.2 Å². The highest BCUT2D eigenvalue weighted by atomic mass is 32.1. The van der Waals surface area contributed by atoms with Crippen molar-refractivity contribution in [2.45, 2.75) is 24.2 Å². The Kier molecular flexibility index (Phi) is 4.26. The summed E-state index contributed by atoms with van der Waals surface area (Å²) >= 11 is 4.29. The Morgan fingerprint density at radius 2 is 2.18 bits per heavy atom. The molecule has 0 saturated carbocycles. The highest BCUT2D eigenvalue weighted by Crippen LogP contribution is 2.17. The summed E-state index contributed by atoms with van der Waals surface area (Å²) in [6, 6.07) is 7.38. The van der Waals surface area contributed by atoms with Crippen LogP contribution in [0, 0.1) is 5.92 Å². The van der Waals surface area contributed by atoms with Crippen LogP contribution in [0.1, 0.15) is 29.6 Å². The summed E-state index contributed by atoms with van der Waals surface area (Å²) in [5, 5.41) is 2.99. The van der Waals surface area contributed by atoms with Crippen LogP contribution < -0.4 is 5.32 Å². The summed E-state index contributed by atoms with van der Waals surface area (Å²) < 4.78 is 0. The van der Waals surface area contributed by atoms with Gasteiger partial charge in [-0.15, -0.1) is 12.6 Å². The zero-order chi connectivity index (χ0) is 12.1. The monoisotopic (exact) mass is 247 g/mol. The lowest BCUT2D eigenvalue weighted by Gasteiger charge is -2.18. The first-order valence-electron chi connectivity index (χ1n) is 5.98. The Morgan fingerprint density at radius 1 is 1.35 bits per heavy atom. The van der Waals surface area contributed by atoms with E-state index in [0.717, 1.165) is 24.3 Å². The summed E-state index contributed by atoms with van der Waals surface area (Å²) in [4.78, 5) is 12.7. The highest BCUT2D eigenvalue weighted by molar-refractivity contribution is 7.80. The van der Waals surface area contributed by atoms with Crippen molar-refractivity contribution in [1.29, 1.82) is 0 Å². The third-order valence-corrected chi connectivity index (χ3v) is 3.47. The lowest BCUT2D eigenvalue weighted by Crippen LogP contribution is -2.29. The fourth-order valence-electron chi connectivity index (χ4n) is 2.04. The van der Waals surface area contributed by atoms with Gasteiger partial charge in [0.25, 0.3) is 5.91 Å². The van der Waals surface area contributed by atoms with E-state index in [2.05, 4.69) is 30.1 Å². The van der Waals surface area contributed by atoms with E-state index in [9.17, 15) is 4.79 Å². The standard InChI is InChI=1S/C14H17NOS/c16-14(12-8-4-5-9-13(12)17)15-10-11-6-2-1-3-7-11/h1-2,4-5,8-9,11,17H,3,6-7,10H2,(H,15,16). The second-order valence-corrected chi connectivity index (χ2v) is 4.86. The molecule has 1 aliphatic rings. The van der Waals surface area contributed by atoms with Crippen molar-refractivity contribution >= 4 is 18.5 Å². The molecule has 0 bridgehead atoms. The van der Waals surface area contributed by atoms with Crippen LogP contribution in [0.4, 0.5) is 0 Å². The predicted molar refractivity (Wildman–Crippen MR) is 72.5 cm³/mol. The molecule has 0 saturated heterocycles. The summed E-state index contributed by atoms with van der Waals surface area (Å²) in [6.45, 7) is 0.755. The van der Waals surface area contributed by atoms with Crippen LogP contribution in [0.5, 0.6) is 0 Å². The van der Waals surface area contributed by atoms with Gasteiger partial charge in [0.1, 0.15) is 0 Å². The van der Waals surface area contributed by atoms with Gasteiger partial charge in [0.15, 0.2) is 0 Å². The Morgan fingerprint density at radius 3 is 2.88 bits per heavy atom. The van der Waals surface area contributed by atoms with Crippen molar-refractivity contribution < 1.29 is 4.79 Å². The number of hydrogen-bond donors (Lipinski definition) is 2. The molecular weight excluding hydrogens is 230 g/mol. The van der Waals surface area contributed by atoms with Crippen LogP contribution in [0.3, 0.4) is 0 Å². The smallest absolute Gasteiger partial charge is 0.252 e. The van der Waals surface area contributed by atoms with Crippen LogP contribution in [0.25, 0.3) is 0 Å². The minimum Gasteiger partial charge on any atom is -0.352 e. The van der Waals surface area contributed by atoms with Crippen molar-refractivity contribution in [3.63, 3.8) is 0 Å². The van der Waals surface area contributed by atoms with Crippen LogP contribution in [0.15, 0.2) is 41.3 Å². The largest absolute Gasteiger partial charge is 0.352 e. The van der Waals surface area contributed by atoms with Crippen molar-refractivity contribution in [3.05, 3.63) is 42.0 Å². The van der Waals surface area contributed by atoms with Gasteiger partial charge in [-0.3, -0.25) is 4.79 Å². The molecule has 1 aromatic rings. The average Bonchev–Trinajstić information content (AvgIpc) is 2.38. The van der Waals surface area contributed by atoms with Gasteiger partial charge in [0, 0.05) is 11.4 Å².